The fourth-order valence-electron chi connectivity index (χ4n) is 3.31. The molecule has 0 unspecified atom stereocenters. The van der Waals surface area contributed by atoms with Crippen LogP contribution in [0.15, 0.2) is 48.5 Å². The Labute approximate surface area is 199 Å². The average Bonchev–Trinajstić information content (AvgIpc) is 2.82. The van der Waals surface area contributed by atoms with E-state index in [1.807, 2.05) is 30.3 Å². The van der Waals surface area contributed by atoms with Gasteiger partial charge in [0.05, 0.1) is 13.7 Å². The van der Waals surface area contributed by atoms with Crippen molar-refractivity contribution < 1.29 is 29.0 Å². The van der Waals surface area contributed by atoms with Crippen molar-refractivity contribution in [1.29, 1.82) is 0 Å². The lowest BCUT2D eigenvalue weighted by Gasteiger charge is -2.18. The lowest BCUT2D eigenvalue weighted by atomic mass is 10.1. The van der Waals surface area contributed by atoms with E-state index in [1.54, 1.807) is 12.1 Å². The number of methoxy groups -OCH3 is 1. The number of carbonyl (C=O) groups excluding carboxylic acids is 3. The van der Waals surface area contributed by atoms with Gasteiger partial charge in [-0.15, -0.1) is 0 Å². The molecule has 4 N–H and O–H groups in total. The zero-order valence-electron chi connectivity index (χ0n) is 19.6. The molecule has 2 amide bonds. The van der Waals surface area contributed by atoms with E-state index in [2.05, 4.69) is 20.7 Å². The van der Waals surface area contributed by atoms with Gasteiger partial charge in [-0.2, -0.15) is 0 Å². The van der Waals surface area contributed by atoms with Gasteiger partial charge in [0.25, 0.3) is 0 Å². The second kappa shape index (κ2) is 14.5. The van der Waals surface area contributed by atoms with Gasteiger partial charge in [0.15, 0.2) is 0 Å². The van der Waals surface area contributed by atoms with Crippen molar-refractivity contribution in [3.63, 3.8) is 0 Å². The van der Waals surface area contributed by atoms with Crippen molar-refractivity contribution in [2.24, 2.45) is 0 Å². The molecule has 0 aromatic heterocycles. The molecule has 184 valence electrons. The number of hydrogen-bond donors (Lipinski definition) is 4. The summed E-state index contributed by atoms with van der Waals surface area (Å²) in [6.07, 6.45) is 1.98. The van der Waals surface area contributed by atoms with Crippen LogP contribution in [-0.2, 0) is 20.7 Å². The number of rotatable bonds is 14. The standard InChI is InChI=1S/C25H33N3O6/c1-18(29)28-20(17-19-9-4-3-5-10-19)24(31)27-15-14-26-13-6-7-16-34-22-12-8-11-21(30)23(22)25(32)33-2/h3-5,8-12,20,26,30H,6-7,13-17H2,1-2H3,(H,27,31)(H,28,29)/t20-/m0/s1. The van der Waals surface area contributed by atoms with Crippen LogP contribution in [0.5, 0.6) is 11.5 Å². The highest BCUT2D eigenvalue weighted by atomic mass is 16.5. The Balaban J connectivity index is 1.63. The van der Waals surface area contributed by atoms with Crippen molar-refractivity contribution in [2.45, 2.75) is 32.2 Å². The molecule has 0 aliphatic rings. The molecule has 2 aromatic rings. The molecular weight excluding hydrogens is 438 g/mol. The second-order valence-electron chi connectivity index (χ2n) is 7.68. The molecule has 34 heavy (non-hydrogen) atoms. The Morgan fingerprint density at radius 1 is 0.971 bits per heavy atom. The van der Waals surface area contributed by atoms with E-state index in [4.69, 9.17) is 4.74 Å². The Kier molecular flexibility index (Phi) is 11.4. The SMILES string of the molecule is COC(=O)c1c(O)cccc1OCCCCNCCNC(=O)[C@H](Cc1ccccc1)NC(C)=O. The summed E-state index contributed by atoms with van der Waals surface area (Å²) in [4.78, 5) is 35.8. The topological polar surface area (TPSA) is 126 Å². The largest absolute Gasteiger partial charge is 0.507 e. The highest BCUT2D eigenvalue weighted by Gasteiger charge is 2.19. The predicted molar refractivity (Wildman–Crippen MR) is 128 cm³/mol. The summed E-state index contributed by atoms with van der Waals surface area (Å²) in [6.45, 7) is 3.52. The minimum atomic E-state index is -0.652. The molecule has 0 aliphatic heterocycles. The van der Waals surface area contributed by atoms with Gasteiger partial charge in [-0.1, -0.05) is 36.4 Å². The van der Waals surface area contributed by atoms with Crippen LogP contribution in [-0.4, -0.2) is 62.3 Å². The molecule has 2 rings (SSSR count). The maximum atomic E-state index is 12.5. The molecule has 1 atom stereocenters. The Morgan fingerprint density at radius 3 is 2.44 bits per heavy atom. The summed E-state index contributed by atoms with van der Waals surface area (Å²) < 4.78 is 10.3. The van der Waals surface area contributed by atoms with E-state index in [0.29, 0.717) is 26.1 Å². The molecule has 9 nitrogen and oxygen atoms in total. The highest BCUT2D eigenvalue weighted by Crippen LogP contribution is 2.28. The van der Waals surface area contributed by atoms with Gasteiger partial charge >= 0.3 is 5.97 Å². The van der Waals surface area contributed by atoms with E-state index in [9.17, 15) is 19.5 Å². The van der Waals surface area contributed by atoms with Gasteiger partial charge in [0.2, 0.25) is 11.8 Å². The van der Waals surface area contributed by atoms with Crippen molar-refractivity contribution in [2.75, 3.05) is 33.4 Å². The number of esters is 1. The highest BCUT2D eigenvalue weighted by molar-refractivity contribution is 5.95. The summed E-state index contributed by atoms with van der Waals surface area (Å²) >= 11 is 0. The fourth-order valence-corrected chi connectivity index (χ4v) is 3.31. The zero-order valence-corrected chi connectivity index (χ0v) is 19.6. The summed E-state index contributed by atoms with van der Waals surface area (Å²) in [5.41, 5.74) is 0.991. The first-order valence-corrected chi connectivity index (χ1v) is 11.2. The summed E-state index contributed by atoms with van der Waals surface area (Å²) in [5, 5.41) is 18.7. The summed E-state index contributed by atoms with van der Waals surface area (Å²) in [6, 6.07) is 13.5. The lowest BCUT2D eigenvalue weighted by Crippen LogP contribution is -2.48. The van der Waals surface area contributed by atoms with Crippen molar-refractivity contribution in [1.82, 2.24) is 16.0 Å². The van der Waals surface area contributed by atoms with Crippen molar-refractivity contribution in [3.05, 3.63) is 59.7 Å². The van der Waals surface area contributed by atoms with Gasteiger partial charge in [-0.3, -0.25) is 9.59 Å². The van der Waals surface area contributed by atoms with Crippen LogP contribution in [0.1, 0.15) is 35.7 Å². The molecule has 0 bridgehead atoms. The Hall–Kier alpha value is -3.59. The fraction of sp³-hybridized carbons (Fsp3) is 0.400. The van der Waals surface area contributed by atoms with Crippen molar-refractivity contribution in [3.8, 4) is 11.5 Å². The molecular formula is C25H33N3O6. The maximum absolute atomic E-state index is 12.5. The molecule has 2 aromatic carbocycles. The molecule has 0 saturated heterocycles. The Bertz CT molecular complexity index is 936. The average molecular weight is 472 g/mol. The molecule has 0 radical (unpaired) electrons. The zero-order chi connectivity index (χ0) is 24.8. The molecule has 0 heterocycles. The molecule has 9 heteroatoms. The van der Waals surface area contributed by atoms with Crippen LogP contribution in [0.25, 0.3) is 0 Å². The number of unbranched alkanes of at least 4 members (excludes halogenated alkanes) is 1. The summed E-state index contributed by atoms with van der Waals surface area (Å²) in [5.74, 6) is -1.02. The third-order valence-corrected chi connectivity index (χ3v) is 4.98. The van der Waals surface area contributed by atoms with Crippen molar-refractivity contribution >= 4 is 17.8 Å². The smallest absolute Gasteiger partial charge is 0.345 e. The number of hydrogen-bond acceptors (Lipinski definition) is 7. The predicted octanol–water partition coefficient (Wildman–Crippen LogP) is 1.79. The van der Waals surface area contributed by atoms with E-state index in [0.717, 1.165) is 24.9 Å². The van der Waals surface area contributed by atoms with Crippen LogP contribution in [0.2, 0.25) is 0 Å². The normalized spacial score (nSPS) is 11.4. The lowest BCUT2D eigenvalue weighted by molar-refractivity contribution is -0.128. The maximum Gasteiger partial charge on any atom is 0.345 e. The van der Waals surface area contributed by atoms with E-state index in [1.165, 1.54) is 20.1 Å². The molecule has 0 spiro atoms. The minimum absolute atomic E-state index is 0.0173. The number of ether oxygens (including phenoxy) is 2. The number of aromatic hydroxyl groups is 1. The van der Waals surface area contributed by atoms with E-state index in [-0.39, 0.29) is 28.9 Å². The van der Waals surface area contributed by atoms with Gasteiger partial charge in [-0.05, 0) is 37.1 Å². The monoisotopic (exact) mass is 471 g/mol. The summed E-state index contributed by atoms with van der Waals surface area (Å²) in [7, 11) is 1.25. The quantitative estimate of drug-likeness (QED) is 0.244. The number of carbonyl (C=O) groups is 3. The second-order valence-corrected chi connectivity index (χ2v) is 7.68. The van der Waals surface area contributed by atoms with Crippen LogP contribution >= 0.6 is 0 Å². The number of phenolic OH excluding ortho intramolecular Hbond substituents is 1. The molecule has 0 fully saturated rings. The van der Waals surface area contributed by atoms with Gasteiger partial charge in [0.1, 0.15) is 23.1 Å². The van der Waals surface area contributed by atoms with Gasteiger partial charge in [0, 0.05) is 26.4 Å². The third kappa shape index (κ3) is 9.11. The van der Waals surface area contributed by atoms with Gasteiger partial charge in [-0.25, -0.2) is 4.79 Å². The third-order valence-electron chi connectivity index (χ3n) is 4.98. The number of benzene rings is 2. The number of nitrogens with one attached hydrogen (secondary N) is 3. The first kappa shape index (κ1) is 26.7. The van der Waals surface area contributed by atoms with Crippen LogP contribution in [0, 0.1) is 0 Å². The van der Waals surface area contributed by atoms with Crippen LogP contribution < -0.4 is 20.7 Å². The Morgan fingerprint density at radius 2 is 1.74 bits per heavy atom. The van der Waals surface area contributed by atoms with Gasteiger partial charge < -0.3 is 30.5 Å². The molecule has 0 saturated carbocycles. The minimum Gasteiger partial charge on any atom is -0.507 e. The molecule has 0 aliphatic carbocycles. The van der Waals surface area contributed by atoms with E-state index >= 15 is 0 Å². The first-order valence-electron chi connectivity index (χ1n) is 11.2. The number of amides is 2. The van der Waals surface area contributed by atoms with E-state index < -0.39 is 12.0 Å². The number of phenols is 1. The van der Waals surface area contributed by atoms with Crippen LogP contribution in [0.4, 0.5) is 0 Å². The first-order chi connectivity index (χ1) is 16.4. The van der Waals surface area contributed by atoms with Crippen LogP contribution in [0.3, 0.4) is 0 Å².